The van der Waals surface area contributed by atoms with Gasteiger partial charge < -0.3 is 14.6 Å². The minimum Gasteiger partial charge on any atom is -0.507 e. The summed E-state index contributed by atoms with van der Waals surface area (Å²) in [5.41, 5.74) is 2.71. The minimum atomic E-state index is -0.836. The summed E-state index contributed by atoms with van der Waals surface area (Å²) < 4.78 is 11.7. The third kappa shape index (κ3) is 5.85. The van der Waals surface area contributed by atoms with Gasteiger partial charge in [-0.25, -0.2) is 0 Å². The molecule has 1 amide bonds. The predicted molar refractivity (Wildman–Crippen MR) is 154 cm³/mol. The number of carbonyl (C=O) groups excluding carboxylic acids is 2. The molecule has 0 radical (unpaired) electrons. The van der Waals surface area contributed by atoms with Crippen LogP contribution in [0.1, 0.15) is 70.7 Å². The molecule has 39 heavy (non-hydrogen) atoms. The lowest BCUT2D eigenvalue weighted by atomic mass is 9.85. The minimum absolute atomic E-state index is 0.000775. The lowest BCUT2D eigenvalue weighted by Crippen LogP contribution is -2.30. The van der Waals surface area contributed by atoms with E-state index in [1.807, 2.05) is 51.1 Å². The SMILES string of the molecule is CCCOc1ccccc1N1C(=O)C(=O)/C(=C(\O)c2ccc(OC(C)C)cc2)C1c1ccc(C(C)(C)C)cc1. The molecule has 4 rings (SSSR count). The average Bonchev–Trinajstić information content (AvgIpc) is 3.17. The van der Waals surface area contributed by atoms with Crippen LogP contribution in [0.15, 0.2) is 78.4 Å². The first-order valence-electron chi connectivity index (χ1n) is 13.4. The highest BCUT2D eigenvalue weighted by atomic mass is 16.5. The summed E-state index contributed by atoms with van der Waals surface area (Å²) in [5, 5.41) is 11.5. The van der Waals surface area contributed by atoms with Crippen molar-refractivity contribution in [2.24, 2.45) is 0 Å². The first kappa shape index (κ1) is 28.0. The highest BCUT2D eigenvalue weighted by molar-refractivity contribution is 6.51. The van der Waals surface area contributed by atoms with Crippen molar-refractivity contribution in [3.8, 4) is 11.5 Å². The maximum atomic E-state index is 13.6. The van der Waals surface area contributed by atoms with Gasteiger partial charge in [0.2, 0.25) is 0 Å². The molecular formula is C33H37NO5. The maximum absolute atomic E-state index is 13.6. The molecule has 1 saturated heterocycles. The molecule has 0 aromatic heterocycles. The van der Waals surface area contributed by atoms with Crippen LogP contribution in [-0.4, -0.2) is 29.5 Å². The van der Waals surface area contributed by atoms with E-state index in [2.05, 4.69) is 20.8 Å². The second-order valence-corrected chi connectivity index (χ2v) is 11.0. The highest BCUT2D eigenvalue weighted by Crippen LogP contribution is 2.45. The average molecular weight is 528 g/mol. The summed E-state index contributed by atoms with van der Waals surface area (Å²) in [6.45, 7) is 12.7. The number of hydrogen-bond donors (Lipinski definition) is 1. The second-order valence-electron chi connectivity index (χ2n) is 11.0. The molecule has 1 heterocycles. The molecule has 1 aliphatic heterocycles. The molecule has 0 bridgehead atoms. The van der Waals surface area contributed by atoms with E-state index >= 15 is 0 Å². The van der Waals surface area contributed by atoms with E-state index < -0.39 is 17.7 Å². The van der Waals surface area contributed by atoms with Crippen molar-refractivity contribution in [3.05, 3.63) is 95.1 Å². The van der Waals surface area contributed by atoms with Crippen molar-refractivity contribution in [1.82, 2.24) is 0 Å². The van der Waals surface area contributed by atoms with Gasteiger partial charge in [0.1, 0.15) is 17.3 Å². The van der Waals surface area contributed by atoms with Crippen LogP contribution in [0, 0.1) is 0 Å². The molecule has 1 aliphatic rings. The quantitative estimate of drug-likeness (QED) is 0.191. The van der Waals surface area contributed by atoms with Gasteiger partial charge in [0.15, 0.2) is 0 Å². The number of nitrogens with zero attached hydrogens (tertiary/aromatic N) is 1. The second kappa shape index (κ2) is 11.4. The third-order valence-electron chi connectivity index (χ3n) is 6.62. The fraction of sp³-hybridized carbons (Fsp3) is 0.333. The van der Waals surface area contributed by atoms with Crippen molar-refractivity contribution in [3.63, 3.8) is 0 Å². The first-order valence-corrected chi connectivity index (χ1v) is 13.4. The van der Waals surface area contributed by atoms with Gasteiger partial charge in [-0.3, -0.25) is 14.5 Å². The molecule has 0 aliphatic carbocycles. The van der Waals surface area contributed by atoms with Crippen molar-refractivity contribution in [1.29, 1.82) is 0 Å². The number of anilines is 1. The molecule has 1 N–H and O–H groups in total. The van der Waals surface area contributed by atoms with Crippen molar-refractivity contribution >= 4 is 23.1 Å². The highest BCUT2D eigenvalue weighted by Gasteiger charge is 2.47. The van der Waals surface area contributed by atoms with Crippen LogP contribution >= 0.6 is 0 Å². The lowest BCUT2D eigenvalue weighted by molar-refractivity contribution is -0.132. The summed E-state index contributed by atoms with van der Waals surface area (Å²) in [6, 6.07) is 21.1. The normalized spacial score (nSPS) is 17.1. The number of hydrogen-bond acceptors (Lipinski definition) is 5. The van der Waals surface area contributed by atoms with Crippen LogP contribution in [-0.2, 0) is 15.0 Å². The molecule has 3 aromatic rings. The van der Waals surface area contributed by atoms with E-state index in [1.54, 1.807) is 42.5 Å². The van der Waals surface area contributed by atoms with E-state index in [-0.39, 0.29) is 22.9 Å². The summed E-state index contributed by atoms with van der Waals surface area (Å²) >= 11 is 0. The molecule has 1 unspecified atom stereocenters. The van der Waals surface area contributed by atoms with E-state index in [0.717, 1.165) is 12.0 Å². The lowest BCUT2D eigenvalue weighted by Gasteiger charge is -2.28. The molecule has 0 saturated carbocycles. The molecule has 0 spiro atoms. The zero-order chi connectivity index (χ0) is 28.3. The molecule has 204 valence electrons. The Kier molecular flexibility index (Phi) is 8.14. The monoisotopic (exact) mass is 527 g/mol. The summed E-state index contributed by atoms with van der Waals surface area (Å²) in [6.07, 6.45) is 0.794. The number of ketones is 1. The van der Waals surface area contributed by atoms with Crippen molar-refractivity contribution in [2.45, 2.75) is 65.5 Å². The number of rotatable bonds is 8. The fourth-order valence-electron chi connectivity index (χ4n) is 4.67. The standard InChI is InChI=1S/C33H37NO5/c1-7-20-38-27-11-9-8-10-26(27)34-29(22-12-16-24(17-13-22)33(4,5)6)28(31(36)32(34)37)30(35)23-14-18-25(19-15-23)39-21(2)3/h8-19,21,29,35H,7,20H2,1-6H3/b30-28-. The zero-order valence-electron chi connectivity index (χ0n) is 23.5. The number of amides is 1. The Hall–Kier alpha value is -4.06. The van der Waals surface area contributed by atoms with Crippen molar-refractivity contribution < 1.29 is 24.2 Å². The van der Waals surface area contributed by atoms with Gasteiger partial charge in [-0.1, -0.05) is 64.1 Å². The molecule has 1 fully saturated rings. The van der Waals surface area contributed by atoms with Gasteiger partial charge in [0.05, 0.1) is 30.0 Å². The van der Waals surface area contributed by atoms with Crippen LogP contribution in [0.25, 0.3) is 5.76 Å². The summed E-state index contributed by atoms with van der Waals surface area (Å²) in [7, 11) is 0. The van der Waals surface area contributed by atoms with E-state index in [0.29, 0.717) is 34.9 Å². The third-order valence-corrected chi connectivity index (χ3v) is 6.62. The van der Waals surface area contributed by atoms with Crippen molar-refractivity contribution in [2.75, 3.05) is 11.5 Å². The predicted octanol–water partition coefficient (Wildman–Crippen LogP) is 7.19. The van der Waals surface area contributed by atoms with Crippen LogP contribution in [0.4, 0.5) is 5.69 Å². The van der Waals surface area contributed by atoms with E-state index in [9.17, 15) is 14.7 Å². The van der Waals surface area contributed by atoms with Gasteiger partial charge in [0, 0.05) is 5.56 Å². The molecular weight excluding hydrogens is 490 g/mol. The Bertz CT molecular complexity index is 1360. The van der Waals surface area contributed by atoms with Crippen LogP contribution in [0.3, 0.4) is 0 Å². The molecule has 6 nitrogen and oxygen atoms in total. The van der Waals surface area contributed by atoms with Gasteiger partial charge >= 0.3 is 0 Å². The Balaban J connectivity index is 1.88. The van der Waals surface area contributed by atoms with E-state index in [4.69, 9.17) is 9.47 Å². The van der Waals surface area contributed by atoms with Gasteiger partial charge in [0.25, 0.3) is 11.7 Å². The topological polar surface area (TPSA) is 76.1 Å². The smallest absolute Gasteiger partial charge is 0.300 e. The molecule has 1 atom stereocenters. The van der Waals surface area contributed by atoms with Gasteiger partial charge in [-0.05, 0) is 73.2 Å². The number of benzene rings is 3. The Morgan fingerprint density at radius 1 is 0.949 bits per heavy atom. The number of carbonyl (C=O) groups is 2. The summed E-state index contributed by atoms with van der Waals surface area (Å²) in [4.78, 5) is 28.6. The first-order chi connectivity index (χ1) is 18.5. The van der Waals surface area contributed by atoms with Crippen LogP contribution < -0.4 is 14.4 Å². The maximum Gasteiger partial charge on any atom is 0.300 e. The van der Waals surface area contributed by atoms with Crippen LogP contribution in [0.2, 0.25) is 0 Å². The zero-order valence-corrected chi connectivity index (χ0v) is 23.5. The number of ether oxygens (including phenoxy) is 2. The van der Waals surface area contributed by atoms with Crippen LogP contribution in [0.5, 0.6) is 11.5 Å². The van der Waals surface area contributed by atoms with Gasteiger partial charge in [-0.15, -0.1) is 0 Å². The number of aliphatic hydroxyl groups excluding tert-OH is 1. The van der Waals surface area contributed by atoms with E-state index in [1.165, 1.54) is 4.90 Å². The number of Topliss-reactive ketones (excluding diaryl/α,β-unsaturated/α-hetero) is 1. The Morgan fingerprint density at radius 2 is 1.59 bits per heavy atom. The Morgan fingerprint density at radius 3 is 2.18 bits per heavy atom. The van der Waals surface area contributed by atoms with Gasteiger partial charge in [-0.2, -0.15) is 0 Å². The molecule has 6 heteroatoms. The fourth-order valence-corrected chi connectivity index (χ4v) is 4.67. The molecule has 3 aromatic carbocycles. The number of para-hydroxylation sites is 2. The largest absolute Gasteiger partial charge is 0.507 e. The Labute approximate surface area is 230 Å². The number of aliphatic hydroxyl groups is 1. The summed E-state index contributed by atoms with van der Waals surface area (Å²) in [5.74, 6) is -0.534.